The number of rotatable bonds is 6. The molecule has 3 amide bonds. The highest BCUT2D eigenvalue weighted by Gasteiger charge is 2.36. The van der Waals surface area contributed by atoms with Gasteiger partial charge >= 0.3 is 0 Å². The van der Waals surface area contributed by atoms with E-state index in [1.54, 1.807) is 24.3 Å². The number of amides is 3. The summed E-state index contributed by atoms with van der Waals surface area (Å²) in [5.41, 5.74) is 0.739. The van der Waals surface area contributed by atoms with E-state index in [9.17, 15) is 14.4 Å². The first-order chi connectivity index (χ1) is 11.7. The van der Waals surface area contributed by atoms with Crippen LogP contribution in [0.4, 0.5) is 0 Å². The molecule has 0 radical (unpaired) electrons. The number of nitrogens with one attached hydrogen (secondary N) is 2. The van der Waals surface area contributed by atoms with Crippen LogP contribution in [0.15, 0.2) is 24.3 Å². The lowest BCUT2D eigenvalue weighted by Crippen LogP contribution is -2.44. The second kappa shape index (κ2) is 8.94. The van der Waals surface area contributed by atoms with Gasteiger partial charge in [0.15, 0.2) is 0 Å². The van der Waals surface area contributed by atoms with Crippen LogP contribution in [0, 0.1) is 0 Å². The van der Waals surface area contributed by atoms with Crippen molar-refractivity contribution in [2.75, 3.05) is 45.8 Å². The Morgan fingerprint density at radius 1 is 1.08 bits per heavy atom. The monoisotopic (exact) mass is 366 g/mol. The van der Waals surface area contributed by atoms with Crippen LogP contribution in [0.1, 0.15) is 27.1 Å². The molecule has 7 nitrogen and oxygen atoms in total. The number of nitrogens with zero attached hydrogens (tertiary/aromatic N) is 2. The SMILES string of the molecule is Cl.O=C(CN1C(=O)c2ccccc2C1=O)NCCCN1CCNCC1. The number of hydrogen-bond donors (Lipinski definition) is 2. The number of carbonyl (C=O) groups excluding carboxylic acids is 3. The smallest absolute Gasteiger partial charge is 0.262 e. The van der Waals surface area contributed by atoms with Crippen molar-refractivity contribution in [1.82, 2.24) is 20.4 Å². The first-order valence-electron chi connectivity index (χ1n) is 8.32. The van der Waals surface area contributed by atoms with Gasteiger partial charge in [-0.25, -0.2) is 0 Å². The molecule has 2 heterocycles. The fraction of sp³-hybridized carbons (Fsp3) is 0.471. The molecule has 2 aliphatic heterocycles. The molecule has 25 heavy (non-hydrogen) atoms. The van der Waals surface area contributed by atoms with Gasteiger partial charge in [0.2, 0.25) is 5.91 Å². The summed E-state index contributed by atoms with van der Waals surface area (Å²) >= 11 is 0. The fourth-order valence-corrected chi connectivity index (χ4v) is 3.05. The average molecular weight is 367 g/mol. The fourth-order valence-electron chi connectivity index (χ4n) is 3.05. The van der Waals surface area contributed by atoms with Crippen molar-refractivity contribution >= 4 is 30.1 Å². The minimum absolute atomic E-state index is 0. The number of carbonyl (C=O) groups is 3. The first kappa shape index (κ1) is 19.4. The highest BCUT2D eigenvalue weighted by Crippen LogP contribution is 2.21. The van der Waals surface area contributed by atoms with Crippen LogP contribution in [0.25, 0.3) is 0 Å². The third-order valence-electron chi connectivity index (χ3n) is 4.36. The van der Waals surface area contributed by atoms with Crippen LogP contribution < -0.4 is 10.6 Å². The summed E-state index contributed by atoms with van der Waals surface area (Å²) in [6, 6.07) is 6.65. The number of hydrogen-bond acceptors (Lipinski definition) is 5. The van der Waals surface area contributed by atoms with E-state index in [1.807, 2.05) is 0 Å². The molecule has 1 aromatic rings. The van der Waals surface area contributed by atoms with Crippen molar-refractivity contribution in [2.24, 2.45) is 0 Å². The summed E-state index contributed by atoms with van der Waals surface area (Å²) in [7, 11) is 0. The topological polar surface area (TPSA) is 81.8 Å². The maximum Gasteiger partial charge on any atom is 0.262 e. The zero-order valence-corrected chi connectivity index (χ0v) is 14.8. The van der Waals surface area contributed by atoms with Crippen LogP contribution in [0.2, 0.25) is 0 Å². The van der Waals surface area contributed by atoms with E-state index in [4.69, 9.17) is 0 Å². The molecule has 0 bridgehead atoms. The molecule has 2 N–H and O–H groups in total. The molecule has 0 aliphatic carbocycles. The van der Waals surface area contributed by atoms with Gasteiger partial charge in [-0.1, -0.05) is 12.1 Å². The van der Waals surface area contributed by atoms with E-state index < -0.39 is 11.8 Å². The van der Waals surface area contributed by atoms with Crippen LogP contribution in [0.5, 0.6) is 0 Å². The summed E-state index contributed by atoms with van der Waals surface area (Å²) < 4.78 is 0. The van der Waals surface area contributed by atoms with Gasteiger partial charge in [0.05, 0.1) is 11.1 Å². The third-order valence-corrected chi connectivity index (χ3v) is 4.36. The maximum absolute atomic E-state index is 12.2. The zero-order valence-electron chi connectivity index (χ0n) is 14.0. The molecule has 0 aromatic heterocycles. The van der Waals surface area contributed by atoms with Crippen molar-refractivity contribution < 1.29 is 14.4 Å². The largest absolute Gasteiger partial charge is 0.354 e. The minimum Gasteiger partial charge on any atom is -0.354 e. The van der Waals surface area contributed by atoms with E-state index in [1.165, 1.54) is 0 Å². The summed E-state index contributed by atoms with van der Waals surface area (Å²) in [4.78, 5) is 39.8. The molecule has 1 fully saturated rings. The molecule has 2 aliphatic rings. The minimum atomic E-state index is -0.397. The van der Waals surface area contributed by atoms with Crippen molar-refractivity contribution in [3.8, 4) is 0 Å². The van der Waals surface area contributed by atoms with Gasteiger partial charge < -0.3 is 15.5 Å². The average Bonchev–Trinajstić information content (AvgIpc) is 2.85. The molecule has 3 rings (SSSR count). The predicted molar refractivity (Wildman–Crippen MR) is 96.0 cm³/mol. The van der Waals surface area contributed by atoms with Crippen molar-refractivity contribution in [1.29, 1.82) is 0 Å². The number of fused-ring (bicyclic) bond motifs is 1. The molecule has 0 unspecified atom stereocenters. The molecule has 136 valence electrons. The number of piperazine rings is 1. The Bertz CT molecular complexity index is 612. The number of halogens is 1. The second-order valence-corrected chi connectivity index (χ2v) is 6.04. The van der Waals surface area contributed by atoms with Gasteiger partial charge in [-0.15, -0.1) is 12.4 Å². The van der Waals surface area contributed by atoms with Gasteiger partial charge in [-0.05, 0) is 25.1 Å². The lowest BCUT2D eigenvalue weighted by molar-refractivity contribution is -0.121. The highest BCUT2D eigenvalue weighted by atomic mass is 35.5. The summed E-state index contributed by atoms with van der Waals surface area (Å²) in [5, 5.41) is 6.09. The van der Waals surface area contributed by atoms with Crippen LogP contribution in [0.3, 0.4) is 0 Å². The molecule has 0 saturated carbocycles. The quantitative estimate of drug-likeness (QED) is 0.552. The van der Waals surface area contributed by atoms with Gasteiger partial charge in [0.25, 0.3) is 11.8 Å². The van der Waals surface area contributed by atoms with Crippen molar-refractivity contribution in [2.45, 2.75) is 6.42 Å². The van der Waals surface area contributed by atoms with E-state index in [0.29, 0.717) is 17.7 Å². The third kappa shape index (κ3) is 4.56. The molecule has 0 spiro atoms. The van der Waals surface area contributed by atoms with Crippen molar-refractivity contribution in [3.63, 3.8) is 0 Å². The Morgan fingerprint density at radius 2 is 1.68 bits per heavy atom. The second-order valence-electron chi connectivity index (χ2n) is 6.04. The van der Waals surface area contributed by atoms with Gasteiger partial charge in [0.1, 0.15) is 6.54 Å². The Kier molecular flexibility index (Phi) is 6.92. The van der Waals surface area contributed by atoms with E-state index >= 15 is 0 Å². The van der Waals surface area contributed by atoms with E-state index in [0.717, 1.165) is 44.0 Å². The molecule has 0 atom stereocenters. The van der Waals surface area contributed by atoms with Gasteiger partial charge in [-0.3, -0.25) is 19.3 Å². The Balaban J connectivity index is 0.00000225. The zero-order chi connectivity index (χ0) is 16.9. The molecular formula is C17H23ClN4O3. The number of benzene rings is 1. The molecule has 1 aromatic carbocycles. The molecular weight excluding hydrogens is 344 g/mol. The lowest BCUT2D eigenvalue weighted by atomic mass is 10.1. The van der Waals surface area contributed by atoms with E-state index in [2.05, 4.69) is 15.5 Å². The van der Waals surface area contributed by atoms with Crippen molar-refractivity contribution in [3.05, 3.63) is 35.4 Å². The van der Waals surface area contributed by atoms with Crippen LogP contribution in [-0.2, 0) is 4.79 Å². The summed E-state index contributed by atoms with van der Waals surface area (Å²) in [6.07, 6.45) is 0.855. The Morgan fingerprint density at radius 3 is 2.28 bits per heavy atom. The Hall–Kier alpha value is -1.96. The normalized spacial score (nSPS) is 17.2. The van der Waals surface area contributed by atoms with Crippen LogP contribution >= 0.6 is 12.4 Å². The standard InChI is InChI=1S/C17H22N4O3.ClH/c22-15(19-6-3-9-20-10-7-18-8-11-20)12-21-16(23)13-4-1-2-5-14(13)17(21)24;/h1-2,4-5,18H,3,6-12H2,(H,19,22);1H. The maximum atomic E-state index is 12.2. The highest BCUT2D eigenvalue weighted by molar-refractivity contribution is 6.22. The van der Waals surface area contributed by atoms with Gasteiger partial charge in [0, 0.05) is 32.7 Å². The number of imide groups is 1. The van der Waals surface area contributed by atoms with Crippen LogP contribution in [-0.4, -0.2) is 73.3 Å². The van der Waals surface area contributed by atoms with Gasteiger partial charge in [-0.2, -0.15) is 0 Å². The lowest BCUT2D eigenvalue weighted by Gasteiger charge is -2.27. The molecule has 8 heteroatoms. The van der Waals surface area contributed by atoms with E-state index in [-0.39, 0.29) is 24.9 Å². The first-order valence-corrected chi connectivity index (χ1v) is 8.32. The Labute approximate surface area is 153 Å². The molecule has 1 saturated heterocycles. The summed E-state index contributed by atoms with van der Waals surface area (Å²) in [5.74, 6) is -1.09. The predicted octanol–water partition coefficient (Wildman–Crippen LogP) is 0.116. The summed E-state index contributed by atoms with van der Waals surface area (Å²) in [6.45, 7) is 5.34.